The summed E-state index contributed by atoms with van der Waals surface area (Å²) in [7, 11) is 0. The normalized spacial score (nSPS) is 18.2. The number of carbonyl (C=O) groups excluding carboxylic acids is 3. The summed E-state index contributed by atoms with van der Waals surface area (Å²) in [5.41, 5.74) is 0. The van der Waals surface area contributed by atoms with Crippen LogP contribution < -0.4 is 5.32 Å². The molecule has 0 aromatic rings. The molecule has 2 amide bonds. The number of allylic oxidation sites excluding steroid dienone is 2. The van der Waals surface area contributed by atoms with Crippen LogP contribution in [0.2, 0.25) is 0 Å². The average Bonchev–Trinajstić information content (AvgIpc) is 3.14. The van der Waals surface area contributed by atoms with Gasteiger partial charge in [-0.25, -0.2) is 0 Å². The second-order valence-corrected chi connectivity index (χ2v) is 7.22. The zero-order valence-electron chi connectivity index (χ0n) is 16.9. The monoisotopic (exact) mass is 394 g/mol. The molecule has 0 spiro atoms. The number of nitrogens with zero attached hydrogens (tertiary/aromatic N) is 1. The molecule has 0 aliphatic carbocycles. The van der Waals surface area contributed by atoms with E-state index < -0.39 is 12.0 Å². The maximum absolute atomic E-state index is 12.5. The Kier molecular flexibility index (Phi) is 11.2. The Hall–Kier alpha value is -2.15. The van der Waals surface area contributed by atoms with Crippen molar-refractivity contribution >= 4 is 17.8 Å². The van der Waals surface area contributed by atoms with Crippen molar-refractivity contribution in [3.05, 3.63) is 25.3 Å². The van der Waals surface area contributed by atoms with E-state index in [0.717, 1.165) is 19.3 Å². The number of ether oxygens (including phenoxy) is 1. The molecule has 1 saturated heterocycles. The lowest BCUT2D eigenvalue weighted by atomic mass is 9.99. The molecule has 0 saturated carbocycles. The maximum atomic E-state index is 12.5. The van der Waals surface area contributed by atoms with E-state index in [9.17, 15) is 19.5 Å². The Morgan fingerprint density at radius 2 is 2.07 bits per heavy atom. The Bertz CT molecular complexity index is 549. The number of likely N-dealkylation sites (tertiary alicyclic amines) is 1. The van der Waals surface area contributed by atoms with Gasteiger partial charge in [0.1, 0.15) is 6.10 Å². The standard InChI is InChI=1S/C21H34N2O5/c1-4-6-7-11-20(26)28-16(3)14-22-21(27)17(9-5-2)13-19(25)23-12-8-10-18(23)15-24/h4-5,16-18,24H,1-2,6-15H2,3H3,(H,22,27). The number of hydrogen-bond donors (Lipinski definition) is 2. The van der Waals surface area contributed by atoms with Gasteiger partial charge in [0.2, 0.25) is 11.8 Å². The van der Waals surface area contributed by atoms with Crippen molar-refractivity contribution in [2.75, 3.05) is 19.7 Å². The number of aliphatic hydroxyl groups excluding tert-OH is 1. The van der Waals surface area contributed by atoms with E-state index in [-0.39, 0.29) is 43.4 Å². The minimum Gasteiger partial charge on any atom is -0.461 e. The van der Waals surface area contributed by atoms with Gasteiger partial charge in [0, 0.05) is 19.4 Å². The molecule has 1 rings (SSSR count). The smallest absolute Gasteiger partial charge is 0.306 e. The minimum absolute atomic E-state index is 0.0558. The van der Waals surface area contributed by atoms with Crippen molar-refractivity contribution in [2.45, 2.75) is 64.0 Å². The third-order valence-corrected chi connectivity index (χ3v) is 4.84. The first kappa shape index (κ1) is 23.9. The van der Waals surface area contributed by atoms with E-state index in [4.69, 9.17) is 4.74 Å². The molecule has 2 N–H and O–H groups in total. The number of esters is 1. The average molecular weight is 395 g/mol. The first-order chi connectivity index (χ1) is 13.4. The number of nitrogens with one attached hydrogen (secondary N) is 1. The number of unbranched alkanes of at least 4 members (excludes halogenated alkanes) is 1. The summed E-state index contributed by atoms with van der Waals surface area (Å²) in [5, 5.41) is 12.1. The van der Waals surface area contributed by atoms with Gasteiger partial charge in [0.05, 0.1) is 25.1 Å². The molecule has 28 heavy (non-hydrogen) atoms. The molecule has 1 heterocycles. The Morgan fingerprint density at radius 1 is 1.32 bits per heavy atom. The van der Waals surface area contributed by atoms with E-state index in [1.807, 2.05) is 0 Å². The predicted octanol–water partition coefficient (Wildman–Crippen LogP) is 1.96. The van der Waals surface area contributed by atoms with Gasteiger partial charge in [0.15, 0.2) is 0 Å². The summed E-state index contributed by atoms with van der Waals surface area (Å²) in [4.78, 5) is 38.4. The van der Waals surface area contributed by atoms with Crippen LogP contribution in [0.15, 0.2) is 25.3 Å². The minimum atomic E-state index is -0.527. The molecule has 7 heteroatoms. The molecule has 3 unspecified atom stereocenters. The highest BCUT2D eigenvalue weighted by atomic mass is 16.5. The van der Waals surface area contributed by atoms with Crippen LogP contribution in [0.1, 0.15) is 51.9 Å². The van der Waals surface area contributed by atoms with Crippen LogP contribution in [0.4, 0.5) is 0 Å². The quantitative estimate of drug-likeness (QED) is 0.283. The fourth-order valence-electron chi connectivity index (χ4n) is 3.27. The number of aliphatic hydroxyl groups is 1. The predicted molar refractivity (Wildman–Crippen MR) is 107 cm³/mol. The van der Waals surface area contributed by atoms with Gasteiger partial charge in [0.25, 0.3) is 0 Å². The first-order valence-corrected chi connectivity index (χ1v) is 10.0. The van der Waals surface area contributed by atoms with Crippen LogP contribution in [0.3, 0.4) is 0 Å². The summed E-state index contributed by atoms with van der Waals surface area (Å²) < 4.78 is 5.27. The van der Waals surface area contributed by atoms with Crippen LogP contribution in [0.5, 0.6) is 0 Å². The third kappa shape index (κ3) is 8.25. The first-order valence-electron chi connectivity index (χ1n) is 10.0. The Labute approximate surface area is 167 Å². The molecule has 1 aliphatic heterocycles. The topological polar surface area (TPSA) is 95.9 Å². The SMILES string of the molecule is C=CCCCC(=O)OC(C)CNC(=O)C(CC=C)CC(=O)N1CCCC1CO. The van der Waals surface area contributed by atoms with Crippen LogP contribution >= 0.6 is 0 Å². The lowest BCUT2D eigenvalue weighted by molar-refractivity contribution is -0.148. The van der Waals surface area contributed by atoms with E-state index >= 15 is 0 Å². The van der Waals surface area contributed by atoms with Gasteiger partial charge < -0.3 is 20.1 Å². The summed E-state index contributed by atoms with van der Waals surface area (Å²) in [5.74, 6) is -1.21. The Balaban J connectivity index is 2.46. The van der Waals surface area contributed by atoms with E-state index in [2.05, 4.69) is 18.5 Å². The van der Waals surface area contributed by atoms with Crippen molar-refractivity contribution in [3.63, 3.8) is 0 Å². The molecule has 0 aromatic carbocycles. The molecule has 7 nitrogen and oxygen atoms in total. The fraction of sp³-hybridized carbons (Fsp3) is 0.667. The van der Waals surface area contributed by atoms with Crippen LogP contribution in [0.25, 0.3) is 0 Å². The van der Waals surface area contributed by atoms with E-state index in [0.29, 0.717) is 25.8 Å². The molecule has 1 aliphatic rings. The lowest BCUT2D eigenvalue weighted by Gasteiger charge is -2.25. The van der Waals surface area contributed by atoms with Gasteiger partial charge in [-0.1, -0.05) is 12.2 Å². The number of hydrogen-bond acceptors (Lipinski definition) is 5. The molecular formula is C21H34N2O5. The summed E-state index contributed by atoms with van der Waals surface area (Å²) >= 11 is 0. The van der Waals surface area contributed by atoms with Crippen LogP contribution in [-0.4, -0.2) is 59.6 Å². The Morgan fingerprint density at radius 3 is 2.71 bits per heavy atom. The summed E-state index contributed by atoms with van der Waals surface area (Å²) in [6.07, 6.45) is 6.80. The van der Waals surface area contributed by atoms with Crippen molar-refractivity contribution < 1.29 is 24.2 Å². The summed E-state index contributed by atoms with van der Waals surface area (Å²) in [6.45, 7) is 9.74. The van der Waals surface area contributed by atoms with E-state index in [1.54, 1.807) is 24.0 Å². The molecule has 0 aromatic heterocycles. The van der Waals surface area contributed by atoms with Gasteiger partial charge in [-0.2, -0.15) is 0 Å². The molecule has 0 radical (unpaired) electrons. The highest BCUT2D eigenvalue weighted by molar-refractivity contribution is 5.86. The lowest BCUT2D eigenvalue weighted by Crippen LogP contribution is -2.42. The van der Waals surface area contributed by atoms with Gasteiger partial charge >= 0.3 is 5.97 Å². The highest BCUT2D eigenvalue weighted by Crippen LogP contribution is 2.20. The van der Waals surface area contributed by atoms with Crippen molar-refractivity contribution in [1.29, 1.82) is 0 Å². The molecule has 1 fully saturated rings. The number of carbonyl (C=O) groups is 3. The molecule has 0 bridgehead atoms. The zero-order chi connectivity index (χ0) is 20.9. The zero-order valence-corrected chi connectivity index (χ0v) is 16.9. The highest BCUT2D eigenvalue weighted by Gasteiger charge is 2.31. The third-order valence-electron chi connectivity index (χ3n) is 4.84. The molecule has 158 valence electrons. The van der Waals surface area contributed by atoms with Crippen molar-refractivity contribution in [2.24, 2.45) is 5.92 Å². The maximum Gasteiger partial charge on any atom is 0.306 e. The molecular weight excluding hydrogens is 360 g/mol. The van der Waals surface area contributed by atoms with Crippen LogP contribution in [0, 0.1) is 5.92 Å². The van der Waals surface area contributed by atoms with Gasteiger partial charge in [-0.05, 0) is 39.0 Å². The van der Waals surface area contributed by atoms with Crippen LogP contribution in [-0.2, 0) is 19.1 Å². The van der Waals surface area contributed by atoms with Gasteiger partial charge in [-0.3, -0.25) is 14.4 Å². The number of rotatable bonds is 13. The largest absolute Gasteiger partial charge is 0.461 e. The second kappa shape index (κ2) is 13.1. The fourth-order valence-corrected chi connectivity index (χ4v) is 3.27. The molecule has 3 atom stereocenters. The van der Waals surface area contributed by atoms with Crippen molar-refractivity contribution in [1.82, 2.24) is 10.2 Å². The summed E-state index contributed by atoms with van der Waals surface area (Å²) in [6, 6.07) is -0.152. The van der Waals surface area contributed by atoms with Crippen molar-refractivity contribution in [3.8, 4) is 0 Å². The number of amides is 2. The second-order valence-electron chi connectivity index (χ2n) is 7.22. The van der Waals surface area contributed by atoms with Gasteiger partial charge in [-0.15, -0.1) is 13.2 Å². The van der Waals surface area contributed by atoms with E-state index in [1.165, 1.54) is 0 Å².